The molecule has 0 aliphatic carbocycles. The van der Waals surface area contributed by atoms with Gasteiger partial charge in [0.15, 0.2) is 0 Å². The molecule has 22 heavy (non-hydrogen) atoms. The molecular formula is C18H28O4. The molecule has 124 valence electrons. The number of carboxylic acids is 1. The fourth-order valence-corrected chi connectivity index (χ4v) is 1.57. The first kappa shape index (κ1) is 20.2. The summed E-state index contributed by atoms with van der Waals surface area (Å²) in [6, 6.07) is 10.6. The van der Waals surface area contributed by atoms with Gasteiger partial charge < -0.3 is 9.84 Å². The van der Waals surface area contributed by atoms with Crippen LogP contribution in [0.4, 0.5) is 0 Å². The molecule has 0 saturated carbocycles. The highest BCUT2D eigenvalue weighted by Gasteiger charge is 2.11. The minimum absolute atomic E-state index is 0.0293. The number of hydrogen-bond acceptors (Lipinski definition) is 3. The lowest BCUT2D eigenvalue weighted by atomic mass is 9.99. The molecule has 0 amide bonds. The molecule has 0 fully saturated rings. The van der Waals surface area contributed by atoms with Crippen LogP contribution in [0.25, 0.3) is 0 Å². The SMILES string of the molecule is CCC(C)C(=O)OCCC(=O)O.CCC(C)c1ccccc1. The Bertz CT molecular complexity index is 428. The highest BCUT2D eigenvalue weighted by Crippen LogP contribution is 2.16. The van der Waals surface area contributed by atoms with Gasteiger partial charge >= 0.3 is 11.9 Å². The van der Waals surface area contributed by atoms with E-state index in [1.54, 1.807) is 6.92 Å². The Morgan fingerprint density at radius 2 is 1.68 bits per heavy atom. The Morgan fingerprint density at radius 1 is 1.09 bits per heavy atom. The van der Waals surface area contributed by atoms with Gasteiger partial charge in [-0.05, 0) is 24.3 Å². The third-order valence-corrected chi connectivity index (χ3v) is 3.56. The van der Waals surface area contributed by atoms with Gasteiger partial charge in [-0.15, -0.1) is 0 Å². The smallest absolute Gasteiger partial charge is 0.308 e. The molecule has 4 nitrogen and oxygen atoms in total. The standard InChI is InChI=1S/C10H14.C8H14O4/c1-3-9(2)10-7-5-4-6-8-10;1-3-6(2)8(11)12-5-4-7(9)10/h4-9H,3H2,1-2H3;6H,3-5H2,1-2H3,(H,9,10). The van der Waals surface area contributed by atoms with Crippen LogP contribution in [0, 0.1) is 5.92 Å². The summed E-state index contributed by atoms with van der Waals surface area (Å²) in [4.78, 5) is 21.0. The van der Waals surface area contributed by atoms with E-state index in [1.807, 2.05) is 6.92 Å². The fourth-order valence-electron chi connectivity index (χ4n) is 1.57. The fraction of sp³-hybridized carbons (Fsp3) is 0.556. The van der Waals surface area contributed by atoms with Crippen LogP contribution >= 0.6 is 0 Å². The lowest BCUT2D eigenvalue weighted by Crippen LogP contribution is -2.15. The Hall–Kier alpha value is -1.84. The summed E-state index contributed by atoms with van der Waals surface area (Å²) in [6.45, 7) is 8.08. The van der Waals surface area contributed by atoms with Gasteiger partial charge in [-0.1, -0.05) is 58.0 Å². The van der Waals surface area contributed by atoms with Gasteiger partial charge in [-0.2, -0.15) is 0 Å². The van der Waals surface area contributed by atoms with Crippen molar-refractivity contribution >= 4 is 11.9 Å². The van der Waals surface area contributed by atoms with Crippen LogP contribution in [0.15, 0.2) is 30.3 Å². The van der Waals surface area contributed by atoms with Crippen LogP contribution in [-0.4, -0.2) is 23.7 Å². The van der Waals surface area contributed by atoms with E-state index in [0.29, 0.717) is 12.3 Å². The highest BCUT2D eigenvalue weighted by molar-refractivity contribution is 5.72. The maximum atomic E-state index is 10.9. The molecule has 0 aliphatic rings. The van der Waals surface area contributed by atoms with Crippen molar-refractivity contribution in [1.82, 2.24) is 0 Å². The van der Waals surface area contributed by atoms with Gasteiger partial charge in [0.25, 0.3) is 0 Å². The molecule has 1 aromatic carbocycles. The van der Waals surface area contributed by atoms with Crippen molar-refractivity contribution in [3.63, 3.8) is 0 Å². The summed E-state index contributed by atoms with van der Waals surface area (Å²) in [7, 11) is 0. The number of ether oxygens (including phenoxy) is 1. The number of aliphatic carboxylic acids is 1. The predicted octanol–water partition coefficient (Wildman–Crippen LogP) is 4.25. The van der Waals surface area contributed by atoms with Gasteiger partial charge in [0.2, 0.25) is 0 Å². The van der Waals surface area contributed by atoms with Crippen LogP contribution in [-0.2, 0) is 14.3 Å². The molecule has 2 unspecified atom stereocenters. The molecule has 4 heteroatoms. The van der Waals surface area contributed by atoms with Gasteiger partial charge in [0.1, 0.15) is 6.61 Å². The summed E-state index contributed by atoms with van der Waals surface area (Å²) < 4.78 is 4.69. The number of benzene rings is 1. The van der Waals surface area contributed by atoms with E-state index in [4.69, 9.17) is 5.11 Å². The summed E-state index contributed by atoms with van der Waals surface area (Å²) in [6.07, 6.45) is 1.82. The van der Waals surface area contributed by atoms with E-state index in [-0.39, 0.29) is 24.9 Å². The largest absolute Gasteiger partial charge is 0.481 e. The number of esters is 1. The average molecular weight is 308 g/mol. The van der Waals surface area contributed by atoms with Crippen molar-refractivity contribution in [3.05, 3.63) is 35.9 Å². The van der Waals surface area contributed by atoms with E-state index in [9.17, 15) is 9.59 Å². The molecule has 0 aromatic heterocycles. The van der Waals surface area contributed by atoms with E-state index < -0.39 is 5.97 Å². The predicted molar refractivity (Wildman–Crippen MR) is 87.8 cm³/mol. The minimum Gasteiger partial charge on any atom is -0.481 e. The van der Waals surface area contributed by atoms with Crippen LogP contribution in [0.3, 0.4) is 0 Å². The van der Waals surface area contributed by atoms with Gasteiger partial charge in [0.05, 0.1) is 12.3 Å². The second-order valence-electron chi connectivity index (χ2n) is 5.34. The van der Waals surface area contributed by atoms with E-state index in [2.05, 4.69) is 48.9 Å². The monoisotopic (exact) mass is 308 g/mol. The van der Waals surface area contributed by atoms with Crippen molar-refractivity contribution in [1.29, 1.82) is 0 Å². The molecule has 0 spiro atoms. The molecule has 0 bridgehead atoms. The Morgan fingerprint density at radius 3 is 2.14 bits per heavy atom. The molecular weight excluding hydrogens is 280 g/mol. The second-order valence-corrected chi connectivity index (χ2v) is 5.34. The molecule has 0 radical (unpaired) electrons. The molecule has 1 aromatic rings. The van der Waals surface area contributed by atoms with Gasteiger partial charge in [-0.3, -0.25) is 9.59 Å². The van der Waals surface area contributed by atoms with E-state index in [1.165, 1.54) is 12.0 Å². The van der Waals surface area contributed by atoms with E-state index in [0.717, 1.165) is 0 Å². The zero-order valence-electron chi connectivity index (χ0n) is 14.0. The Labute approximate surface area is 133 Å². The zero-order valence-corrected chi connectivity index (χ0v) is 14.0. The molecule has 2 atom stereocenters. The van der Waals surface area contributed by atoms with Gasteiger partial charge in [-0.25, -0.2) is 0 Å². The van der Waals surface area contributed by atoms with Crippen LogP contribution in [0.2, 0.25) is 0 Å². The molecule has 0 aliphatic heterocycles. The second kappa shape index (κ2) is 11.8. The van der Waals surface area contributed by atoms with Crippen molar-refractivity contribution < 1.29 is 19.4 Å². The zero-order chi connectivity index (χ0) is 17.0. The number of carboxylic acid groups (broad SMARTS) is 1. The van der Waals surface area contributed by atoms with Crippen LogP contribution in [0.1, 0.15) is 58.4 Å². The summed E-state index contributed by atoms with van der Waals surface area (Å²) in [5.41, 5.74) is 1.45. The Balaban J connectivity index is 0.000000406. The highest BCUT2D eigenvalue weighted by atomic mass is 16.5. The molecule has 0 saturated heterocycles. The van der Waals surface area contributed by atoms with Crippen LogP contribution in [0.5, 0.6) is 0 Å². The average Bonchev–Trinajstić information content (AvgIpc) is 2.54. The summed E-state index contributed by atoms with van der Waals surface area (Å²) in [5, 5.41) is 8.23. The van der Waals surface area contributed by atoms with Crippen molar-refractivity contribution in [2.45, 2.75) is 52.9 Å². The van der Waals surface area contributed by atoms with Crippen molar-refractivity contribution in [2.24, 2.45) is 5.92 Å². The van der Waals surface area contributed by atoms with Crippen LogP contribution < -0.4 is 0 Å². The first-order valence-corrected chi connectivity index (χ1v) is 7.85. The molecule has 1 rings (SSSR count). The number of rotatable bonds is 7. The number of carbonyl (C=O) groups excluding carboxylic acids is 1. The number of carbonyl (C=O) groups is 2. The first-order chi connectivity index (χ1) is 10.4. The van der Waals surface area contributed by atoms with Gasteiger partial charge in [0, 0.05) is 0 Å². The van der Waals surface area contributed by atoms with Crippen molar-refractivity contribution in [3.8, 4) is 0 Å². The lowest BCUT2D eigenvalue weighted by molar-refractivity contribution is -0.150. The third kappa shape index (κ3) is 9.16. The lowest BCUT2D eigenvalue weighted by Gasteiger charge is -2.07. The first-order valence-electron chi connectivity index (χ1n) is 7.85. The van der Waals surface area contributed by atoms with E-state index >= 15 is 0 Å². The third-order valence-electron chi connectivity index (χ3n) is 3.56. The normalized spacial score (nSPS) is 12.5. The maximum Gasteiger partial charge on any atom is 0.308 e. The minimum atomic E-state index is -0.952. The summed E-state index contributed by atoms with van der Waals surface area (Å²) in [5.74, 6) is -0.703. The maximum absolute atomic E-state index is 10.9. The molecule has 1 N–H and O–H groups in total. The van der Waals surface area contributed by atoms with Crippen molar-refractivity contribution in [2.75, 3.05) is 6.61 Å². The molecule has 0 heterocycles. The Kier molecular flexibility index (Phi) is 10.8. The summed E-state index contributed by atoms with van der Waals surface area (Å²) >= 11 is 0. The topological polar surface area (TPSA) is 63.6 Å². The quantitative estimate of drug-likeness (QED) is 0.765. The number of hydrogen-bond donors (Lipinski definition) is 1.